The lowest BCUT2D eigenvalue weighted by atomic mass is 10.1. The molecule has 106 valence electrons. The molecule has 0 aliphatic heterocycles. The zero-order chi connectivity index (χ0) is 14.7. The number of pyridine rings is 1. The smallest absolute Gasteiger partial charge is 0.322 e. The predicted molar refractivity (Wildman–Crippen MR) is 81.0 cm³/mol. The monoisotopic (exact) mass is 301 g/mol. The Morgan fingerprint density at radius 1 is 1.19 bits per heavy atom. The van der Waals surface area contributed by atoms with Crippen molar-refractivity contribution in [2.75, 3.05) is 11.9 Å². The third-order valence-corrected chi connectivity index (χ3v) is 2.96. The van der Waals surface area contributed by atoms with Crippen molar-refractivity contribution in [3.63, 3.8) is 0 Å². The van der Waals surface area contributed by atoms with Crippen molar-refractivity contribution < 1.29 is 4.74 Å². The number of hydrogen-bond acceptors (Lipinski definition) is 6. The standard InChI is InChI=1S/C14H12ClN5O/c1-2-21-14-19-12(15)18-13(20-14)17-11-5-3-4-9-6-7-16-8-10(9)11/h3-8H,2H2,1H3,(H,17,18,19,20). The first-order valence-electron chi connectivity index (χ1n) is 6.40. The molecule has 0 amide bonds. The number of nitrogens with one attached hydrogen (secondary N) is 1. The summed E-state index contributed by atoms with van der Waals surface area (Å²) < 4.78 is 5.25. The van der Waals surface area contributed by atoms with E-state index < -0.39 is 0 Å². The van der Waals surface area contributed by atoms with Crippen LogP contribution in [0.3, 0.4) is 0 Å². The minimum atomic E-state index is 0.0781. The van der Waals surface area contributed by atoms with Gasteiger partial charge in [-0.1, -0.05) is 12.1 Å². The molecule has 3 aromatic rings. The molecule has 0 atom stereocenters. The molecule has 1 aromatic carbocycles. The molecule has 2 heterocycles. The molecular weight excluding hydrogens is 290 g/mol. The highest BCUT2D eigenvalue weighted by Crippen LogP contribution is 2.25. The Bertz CT molecular complexity index is 775. The van der Waals surface area contributed by atoms with E-state index in [4.69, 9.17) is 16.3 Å². The van der Waals surface area contributed by atoms with Crippen LogP contribution in [0.1, 0.15) is 6.92 Å². The van der Waals surface area contributed by atoms with Gasteiger partial charge >= 0.3 is 6.01 Å². The van der Waals surface area contributed by atoms with Gasteiger partial charge in [0.15, 0.2) is 0 Å². The Morgan fingerprint density at radius 2 is 2.10 bits per heavy atom. The minimum Gasteiger partial charge on any atom is -0.464 e. The number of ether oxygens (including phenoxy) is 1. The average Bonchev–Trinajstić information content (AvgIpc) is 2.47. The zero-order valence-electron chi connectivity index (χ0n) is 11.2. The molecule has 6 nitrogen and oxygen atoms in total. The molecular formula is C14H12ClN5O. The van der Waals surface area contributed by atoms with Crippen LogP contribution in [0.25, 0.3) is 10.8 Å². The molecule has 0 fully saturated rings. The lowest BCUT2D eigenvalue weighted by molar-refractivity contribution is 0.312. The third kappa shape index (κ3) is 3.00. The maximum absolute atomic E-state index is 5.88. The number of nitrogens with zero attached hydrogens (tertiary/aromatic N) is 4. The van der Waals surface area contributed by atoms with Crippen LogP contribution in [-0.2, 0) is 0 Å². The van der Waals surface area contributed by atoms with Crippen LogP contribution < -0.4 is 10.1 Å². The third-order valence-electron chi connectivity index (χ3n) is 2.79. The van der Waals surface area contributed by atoms with Crippen LogP contribution in [0.4, 0.5) is 11.6 Å². The molecule has 0 spiro atoms. The molecule has 2 aromatic heterocycles. The molecule has 21 heavy (non-hydrogen) atoms. The maximum atomic E-state index is 5.88. The molecule has 0 radical (unpaired) electrons. The van der Waals surface area contributed by atoms with Gasteiger partial charge in [-0.2, -0.15) is 15.0 Å². The number of hydrogen-bond donors (Lipinski definition) is 1. The molecule has 0 bridgehead atoms. The number of halogens is 1. The summed E-state index contributed by atoms with van der Waals surface area (Å²) in [6, 6.07) is 8.00. The summed E-state index contributed by atoms with van der Waals surface area (Å²) in [6.07, 6.45) is 3.53. The molecule has 1 N–H and O–H groups in total. The lowest BCUT2D eigenvalue weighted by Crippen LogP contribution is -2.04. The van der Waals surface area contributed by atoms with Crippen LogP contribution in [0.2, 0.25) is 5.28 Å². The Kier molecular flexibility index (Phi) is 3.79. The lowest BCUT2D eigenvalue weighted by Gasteiger charge is -2.09. The van der Waals surface area contributed by atoms with Crippen LogP contribution in [0.15, 0.2) is 36.7 Å². The number of anilines is 2. The predicted octanol–water partition coefficient (Wildman–Crippen LogP) is 3.22. The van der Waals surface area contributed by atoms with E-state index in [-0.39, 0.29) is 11.3 Å². The fourth-order valence-electron chi connectivity index (χ4n) is 1.92. The van der Waals surface area contributed by atoms with Crippen LogP contribution in [0, 0.1) is 0 Å². The van der Waals surface area contributed by atoms with E-state index in [1.54, 1.807) is 12.4 Å². The van der Waals surface area contributed by atoms with E-state index >= 15 is 0 Å². The van der Waals surface area contributed by atoms with Gasteiger partial charge in [0.05, 0.1) is 12.3 Å². The number of fused-ring (bicyclic) bond motifs is 1. The molecule has 0 aliphatic rings. The van der Waals surface area contributed by atoms with Gasteiger partial charge in [0, 0.05) is 17.8 Å². The fourth-order valence-corrected chi connectivity index (χ4v) is 2.08. The van der Waals surface area contributed by atoms with Crippen molar-refractivity contribution >= 4 is 34.0 Å². The van der Waals surface area contributed by atoms with E-state index in [9.17, 15) is 0 Å². The zero-order valence-corrected chi connectivity index (χ0v) is 12.0. The minimum absolute atomic E-state index is 0.0781. The number of rotatable bonds is 4. The van der Waals surface area contributed by atoms with Gasteiger partial charge in [-0.05, 0) is 36.0 Å². The molecule has 0 unspecified atom stereocenters. The van der Waals surface area contributed by atoms with E-state index in [0.717, 1.165) is 16.5 Å². The Labute approximate surface area is 126 Å². The van der Waals surface area contributed by atoms with E-state index in [1.165, 1.54) is 0 Å². The summed E-state index contributed by atoms with van der Waals surface area (Å²) in [6.45, 7) is 2.30. The SMILES string of the molecule is CCOc1nc(Cl)nc(Nc2cccc3ccncc23)n1. The van der Waals surface area contributed by atoms with Crippen molar-refractivity contribution in [1.29, 1.82) is 0 Å². The van der Waals surface area contributed by atoms with Gasteiger partial charge in [0.2, 0.25) is 11.2 Å². The van der Waals surface area contributed by atoms with Crippen molar-refractivity contribution in [3.8, 4) is 6.01 Å². The second-order valence-electron chi connectivity index (χ2n) is 4.17. The summed E-state index contributed by atoms with van der Waals surface area (Å²) in [7, 11) is 0. The van der Waals surface area contributed by atoms with Crippen LogP contribution in [-0.4, -0.2) is 26.5 Å². The van der Waals surface area contributed by atoms with E-state index in [0.29, 0.717) is 12.6 Å². The Hall–Kier alpha value is -2.47. The molecule has 0 saturated carbocycles. The summed E-state index contributed by atoms with van der Waals surface area (Å²) >= 11 is 5.88. The van der Waals surface area contributed by atoms with Gasteiger partial charge in [-0.3, -0.25) is 4.98 Å². The van der Waals surface area contributed by atoms with Gasteiger partial charge < -0.3 is 10.1 Å². The second kappa shape index (κ2) is 5.88. The molecule has 0 saturated heterocycles. The average molecular weight is 302 g/mol. The van der Waals surface area contributed by atoms with Crippen LogP contribution >= 0.6 is 11.6 Å². The first-order chi connectivity index (χ1) is 10.3. The van der Waals surface area contributed by atoms with Gasteiger partial charge in [-0.15, -0.1) is 0 Å². The van der Waals surface area contributed by atoms with Crippen molar-refractivity contribution in [1.82, 2.24) is 19.9 Å². The maximum Gasteiger partial charge on any atom is 0.322 e. The second-order valence-corrected chi connectivity index (χ2v) is 4.51. The van der Waals surface area contributed by atoms with Gasteiger partial charge in [-0.25, -0.2) is 0 Å². The highest BCUT2D eigenvalue weighted by Gasteiger charge is 2.08. The summed E-state index contributed by atoms with van der Waals surface area (Å²) in [5.41, 5.74) is 0.838. The van der Waals surface area contributed by atoms with Crippen molar-refractivity contribution in [2.24, 2.45) is 0 Å². The normalized spacial score (nSPS) is 10.6. The van der Waals surface area contributed by atoms with Gasteiger partial charge in [0.25, 0.3) is 0 Å². The topological polar surface area (TPSA) is 72.8 Å². The van der Waals surface area contributed by atoms with Crippen molar-refractivity contribution in [2.45, 2.75) is 6.92 Å². The van der Waals surface area contributed by atoms with E-state index in [2.05, 4.69) is 25.3 Å². The quantitative estimate of drug-likeness (QED) is 0.797. The molecule has 7 heteroatoms. The highest BCUT2D eigenvalue weighted by atomic mass is 35.5. The van der Waals surface area contributed by atoms with Crippen LogP contribution in [0.5, 0.6) is 6.01 Å². The summed E-state index contributed by atoms with van der Waals surface area (Å²) in [4.78, 5) is 16.2. The van der Waals surface area contributed by atoms with Crippen molar-refractivity contribution in [3.05, 3.63) is 41.9 Å². The number of aromatic nitrogens is 4. The number of benzene rings is 1. The fraction of sp³-hybridized carbons (Fsp3) is 0.143. The molecule has 0 aliphatic carbocycles. The molecule has 3 rings (SSSR count). The summed E-state index contributed by atoms with van der Waals surface area (Å²) in [5.74, 6) is 0.329. The Morgan fingerprint density at radius 3 is 2.95 bits per heavy atom. The first-order valence-corrected chi connectivity index (χ1v) is 6.78. The largest absolute Gasteiger partial charge is 0.464 e. The Balaban J connectivity index is 1.98. The first kappa shape index (κ1) is 13.5. The summed E-state index contributed by atoms with van der Waals surface area (Å²) in [5, 5.41) is 5.23. The van der Waals surface area contributed by atoms with E-state index in [1.807, 2.05) is 31.2 Å². The highest BCUT2D eigenvalue weighted by molar-refractivity contribution is 6.28. The van der Waals surface area contributed by atoms with Gasteiger partial charge in [0.1, 0.15) is 0 Å².